The number of amides is 1. The van der Waals surface area contributed by atoms with Gasteiger partial charge in [-0.2, -0.15) is 5.10 Å². The Morgan fingerprint density at radius 1 is 1.02 bits per heavy atom. The Labute approximate surface area is 281 Å². The first-order valence-electron chi connectivity index (χ1n) is 16.6. The molecule has 1 fully saturated rings. The van der Waals surface area contributed by atoms with Gasteiger partial charge in [0.2, 0.25) is 5.91 Å². The number of carbonyl (C=O) groups excluding carboxylic acids is 2. The normalized spacial score (nSPS) is 14.8. The molecule has 48 heavy (non-hydrogen) atoms. The molecule has 2 heterocycles. The maximum Gasteiger partial charge on any atom is 0.308 e. The van der Waals surface area contributed by atoms with Gasteiger partial charge in [-0.05, 0) is 105 Å². The van der Waals surface area contributed by atoms with Crippen LogP contribution in [0.15, 0.2) is 35.1 Å². The number of carbonyl (C=O) groups is 2. The maximum absolute atomic E-state index is 16.0. The fourth-order valence-electron chi connectivity index (χ4n) is 6.35. The molecule has 0 aliphatic carbocycles. The van der Waals surface area contributed by atoms with Gasteiger partial charge in [-0.15, -0.1) is 0 Å². The third kappa shape index (κ3) is 8.66. The number of hydrogen-bond donors (Lipinski definition) is 1. The van der Waals surface area contributed by atoms with Gasteiger partial charge in [-0.25, -0.2) is 13.5 Å². The second-order valence-electron chi connectivity index (χ2n) is 13.2. The third-order valence-corrected chi connectivity index (χ3v) is 8.74. The van der Waals surface area contributed by atoms with Gasteiger partial charge in [-0.3, -0.25) is 19.3 Å². The lowest BCUT2D eigenvalue weighted by Gasteiger charge is -2.34. The van der Waals surface area contributed by atoms with Crippen LogP contribution in [-0.2, 0) is 20.7 Å². The van der Waals surface area contributed by atoms with Crippen molar-refractivity contribution < 1.29 is 27.8 Å². The molecule has 1 aromatic heterocycles. The number of esters is 1. The number of methoxy groups -OCH3 is 1. The smallest absolute Gasteiger partial charge is 0.308 e. The molecule has 2 atom stereocenters. The molecule has 4 rings (SSSR count). The highest BCUT2D eigenvalue weighted by molar-refractivity contribution is 5.82. The summed E-state index contributed by atoms with van der Waals surface area (Å²) in [5, 5.41) is 7.50. The average molecular weight is 667 g/mol. The van der Waals surface area contributed by atoms with Gasteiger partial charge in [-0.1, -0.05) is 13.8 Å². The zero-order valence-corrected chi connectivity index (χ0v) is 29.3. The highest BCUT2D eigenvalue weighted by atomic mass is 19.1. The molecular formula is C37H48F2N4O5. The zero-order chi connectivity index (χ0) is 35.3. The van der Waals surface area contributed by atoms with E-state index in [0.29, 0.717) is 48.6 Å². The summed E-state index contributed by atoms with van der Waals surface area (Å²) in [4.78, 5) is 42.5. The van der Waals surface area contributed by atoms with Crippen LogP contribution in [0, 0.1) is 39.4 Å². The topological polar surface area (TPSA) is 103 Å². The number of nitrogens with zero attached hydrogens (tertiary/aromatic N) is 3. The van der Waals surface area contributed by atoms with Crippen molar-refractivity contribution in [1.29, 1.82) is 0 Å². The van der Waals surface area contributed by atoms with Crippen molar-refractivity contribution in [2.75, 3.05) is 33.4 Å². The number of alkyl halides is 1. The van der Waals surface area contributed by atoms with E-state index in [1.165, 1.54) is 4.68 Å². The van der Waals surface area contributed by atoms with Crippen LogP contribution < -0.4 is 15.6 Å². The molecule has 260 valence electrons. The number of aryl methyl sites for hydroxylation is 4. The quantitative estimate of drug-likeness (QED) is 0.214. The summed E-state index contributed by atoms with van der Waals surface area (Å²) >= 11 is 0. The van der Waals surface area contributed by atoms with Gasteiger partial charge >= 0.3 is 5.97 Å². The number of benzene rings is 2. The summed E-state index contributed by atoms with van der Waals surface area (Å²) in [5.74, 6) is -1.02. The number of nitrogens with one attached hydrogen (secondary N) is 1. The molecule has 0 bridgehead atoms. The summed E-state index contributed by atoms with van der Waals surface area (Å²) in [6.07, 6.45) is -0.387. The Bertz CT molecular complexity index is 1680. The molecule has 0 unspecified atom stereocenters. The third-order valence-electron chi connectivity index (χ3n) is 8.74. The molecule has 0 radical (unpaired) electrons. The zero-order valence-electron chi connectivity index (χ0n) is 29.3. The molecule has 9 nitrogen and oxygen atoms in total. The highest BCUT2D eigenvalue weighted by Gasteiger charge is 2.31. The van der Waals surface area contributed by atoms with E-state index >= 15 is 4.39 Å². The van der Waals surface area contributed by atoms with Gasteiger partial charge in [0.15, 0.2) is 0 Å². The van der Waals surface area contributed by atoms with Crippen LogP contribution in [0.5, 0.6) is 5.75 Å². The average Bonchev–Trinajstić information content (AvgIpc) is 3.00. The Morgan fingerprint density at radius 3 is 2.27 bits per heavy atom. The summed E-state index contributed by atoms with van der Waals surface area (Å²) in [7, 11) is 1.60. The molecule has 2 aromatic carbocycles. The summed E-state index contributed by atoms with van der Waals surface area (Å²) in [5.41, 5.74) is 4.57. The number of halogens is 2. The first-order valence-corrected chi connectivity index (χ1v) is 16.6. The van der Waals surface area contributed by atoms with Crippen molar-refractivity contribution in [3.63, 3.8) is 0 Å². The first-order chi connectivity index (χ1) is 22.7. The molecule has 0 spiro atoms. The van der Waals surface area contributed by atoms with Gasteiger partial charge in [0.1, 0.15) is 23.8 Å². The molecule has 0 saturated carbocycles. The summed E-state index contributed by atoms with van der Waals surface area (Å²) in [6.45, 7) is 14.2. The molecule has 1 aliphatic heterocycles. The fraction of sp³-hybridized carbons (Fsp3) is 0.514. The Kier molecular flexibility index (Phi) is 12.1. The van der Waals surface area contributed by atoms with E-state index in [9.17, 15) is 18.8 Å². The van der Waals surface area contributed by atoms with Gasteiger partial charge in [0.25, 0.3) is 5.56 Å². The number of hydrogen-bond acceptors (Lipinski definition) is 7. The second kappa shape index (κ2) is 15.9. The van der Waals surface area contributed by atoms with Crippen LogP contribution in [0.25, 0.3) is 11.1 Å². The number of ether oxygens (including phenoxy) is 2. The first kappa shape index (κ1) is 36.7. The SMILES string of the molecule is CCOC(=O)C[C@H](NC(=O)[C@H](CC(C)C)n1nc(CCN2CC(F)C2)cc(C)c1=O)c1cc(-c2c(C)cc(OC)cc2C)cc(C)c1F. The van der Waals surface area contributed by atoms with Crippen LogP contribution in [0.3, 0.4) is 0 Å². The molecule has 1 N–H and O–H groups in total. The van der Waals surface area contributed by atoms with Gasteiger partial charge in [0.05, 0.1) is 31.9 Å². The number of aromatic nitrogens is 2. The van der Waals surface area contributed by atoms with Crippen molar-refractivity contribution in [2.45, 2.75) is 86.0 Å². The van der Waals surface area contributed by atoms with Crippen molar-refractivity contribution in [2.24, 2.45) is 5.92 Å². The van der Waals surface area contributed by atoms with E-state index in [-0.39, 0.29) is 30.9 Å². The molecule has 1 saturated heterocycles. The predicted octanol–water partition coefficient (Wildman–Crippen LogP) is 5.89. The number of rotatable bonds is 14. The monoisotopic (exact) mass is 666 g/mol. The summed E-state index contributed by atoms with van der Waals surface area (Å²) in [6, 6.07) is 6.79. The van der Waals surface area contributed by atoms with E-state index in [2.05, 4.69) is 10.4 Å². The minimum atomic E-state index is -1.09. The Morgan fingerprint density at radius 2 is 1.69 bits per heavy atom. The molecule has 3 aromatic rings. The lowest BCUT2D eigenvalue weighted by atomic mass is 9.90. The van der Waals surface area contributed by atoms with Crippen LogP contribution in [-0.4, -0.2) is 66.1 Å². The largest absolute Gasteiger partial charge is 0.497 e. The van der Waals surface area contributed by atoms with Gasteiger partial charge < -0.3 is 14.8 Å². The lowest BCUT2D eigenvalue weighted by molar-refractivity contribution is -0.144. The van der Waals surface area contributed by atoms with Crippen molar-refractivity contribution in [3.8, 4) is 16.9 Å². The predicted molar refractivity (Wildman–Crippen MR) is 181 cm³/mol. The Hall–Kier alpha value is -4.12. The Balaban J connectivity index is 1.75. The van der Waals surface area contributed by atoms with E-state index in [1.807, 2.05) is 44.7 Å². The van der Waals surface area contributed by atoms with Gasteiger partial charge in [0, 0.05) is 37.2 Å². The lowest BCUT2D eigenvalue weighted by Crippen LogP contribution is -2.49. The maximum atomic E-state index is 16.0. The van der Waals surface area contributed by atoms with E-state index in [0.717, 1.165) is 22.3 Å². The number of likely N-dealkylation sites (tertiary alicyclic amines) is 1. The summed E-state index contributed by atoms with van der Waals surface area (Å²) < 4.78 is 41.3. The molecule has 1 aliphatic rings. The molecule has 1 amide bonds. The molecular weight excluding hydrogens is 618 g/mol. The van der Waals surface area contributed by atoms with E-state index < -0.39 is 41.5 Å². The minimum Gasteiger partial charge on any atom is -0.497 e. The second-order valence-corrected chi connectivity index (χ2v) is 13.2. The highest BCUT2D eigenvalue weighted by Crippen LogP contribution is 2.35. The van der Waals surface area contributed by atoms with E-state index in [4.69, 9.17) is 9.47 Å². The standard InChI is InChI=1S/C37H48F2N4O5/c1-9-48-33(44)18-31(30-17-26(13-24(6)35(30)39)34-22(4)15-29(47-8)16-23(34)5)40-36(45)32(12-21(2)3)43-37(46)25(7)14-28(41-43)10-11-42-19-27(38)20-42/h13-17,21,27,31-32H,9-12,18-20H2,1-8H3,(H,40,45)/t31-,32-/m0/s1. The fourth-order valence-corrected chi connectivity index (χ4v) is 6.35. The molecule has 11 heteroatoms. The van der Waals surface area contributed by atoms with Crippen LogP contribution >= 0.6 is 0 Å². The van der Waals surface area contributed by atoms with Crippen molar-refractivity contribution >= 4 is 11.9 Å². The van der Waals surface area contributed by atoms with E-state index in [1.54, 1.807) is 46.1 Å². The minimum absolute atomic E-state index is 0.00664. The van der Waals surface area contributed by atoms with Crippen LogP contribution in [0.1, 0.15) is 79.2 Å². The van der Waals surface area contributed by atoms with Crippen molar-refractivity contribution in [3.05, 3.63) is 80.0 Å². The van der Waals surface area contributed by atoms with Crippen molar-refractivity contribution in [1.82, 2.24) is 20.0 Å². The van der Waals surface area contributed by atoms with Crippen LogP contribution in [0.2, 0.25) is 0 Å². The van der Waals surface area contributed by atoms with Crippen LogP contribution in [0.4, 0.5) is 8.78 Å².